The molecule has 1 aromatic heterocycles. The number of nitrogens with two attached hydrogens (primary N) is 1. The molecule has 138 valence electrons. The van der Waals surface area contributed by atoms with Gasteiger partial charge in [-0.05, 0) is 37.5 Å². The molecule has 2 amide bonds. The van der Waals surface area contributed by atoms with E-state index in [0.29, 0.717) is 28.3 Å². The smallest absolute Gasteiger partial charge is 0.234 e. The Morgan fingerprint density at radius 2 is 2.15 bits per heavy atom. The van der Waals surface area contributed by atoms with Gasteiger partial charge in [-0.1, -0.05) is 29.4 Å². The average molecular weight is 394 g/mol. The first kappa shape index (κ1) is 18.7. The molecule has 1 saturated carbocycles. The Balaban J connectivity index is 1.64. The molecule has 1 fully saturated rings. The van der Waals surface area contributed by atoms with Crippen LogP contribution in [0.2, 0.25) is 5.02 Å². The van der Waals surface area contributed by atoms with Crippen LogP contribution in [-0.4, -0.2) is 32.3 Å². The van der Waals surface area contributed by atoms with Gasteiger partial charge in [0.15, 0.2) is 5.16 Å². The summed E-state index contributed by atoms with van der Waals surface area (Å²) in [6, 6.07) is 5.36. The van der Waals surface area contributed by atoms with Gasteiger partial charge in [-0.2, -0.15) is 0 Å². The van der Waals surface area contributed by atoms with Gasteiger partial charge in [0.25, 0.3) is 0 Å². The number of hydrogen-bond acceptors (Lipinski definition) is 5. The van der Waals surface area contributed by atoms with Crippen LogP contribution in [0.25, 0.3) is 0 Å². The van der Waals surface area contributed by atoms with Crippen molar-refractivity contribution in [2.75, 3.05) is 11.1 Å². The van der Waals surface area contributed by atoms with E-state index in [1.165, 1.54) is 11.8 Å². The number of nitrogens with zero attached hydrogens (tertiary/aromatic N) is 3. The van der Waals surface area contributed by atoms with E-state index in [1.54, 1.807) is 12.1 Å². The second kappa shape index (κ2) is 8.09. The minimum absolute atomic E-state index is 0.155. The third-order valence-electron chi connectivity index (χ3n) is 4.08. The molecule has 1 heterocycles. The number of thioether (sulfide) groups is 1. The highest BCUT2D eigenvalue weighted by Gasteiger charge is 2.30. The molecular weight excluding hydrogens is 374 g/mol. The van der Waals surface area contributed by atoms with E-state index >= 15 is 0 Å². The number of aromatic nitrogens is 3. The number of carbonyl (C=O) groups is 2. The lowest BCUT2D eigenvalue weighted by atomic mass is 10.2. The molecule has 0 saturated heterocycles. The Labute approximate surface area is 160 Å². The number of benzene rings is 1. The maximum atomic E-state index is 12.3. The predicted molar refractivity (Wildman–Crippen MR) is 101 cm³/mol. The number of carbonyl (C=O) groups excluding carboxylic acids is 2. The van der Waals surface area contributed by atoms with E-state index in [0.717, 1.165) is 24.2 Å². The zero-order valence-corrected chi connectivity index (χ0v) is 15.9. The standard InChI is InChI=1S/C17H20ClN5O2S/c1-10-2-5-12(18)8-13(10)20-15(25)9-26-17-22-21-16(11-3-4-11)23(17)7-6-14(19)24/h2,5,8,11H,3-4,6-7,9H2,1H3,(H2,19,24)(H,20,25). The second-order valence-corrected chi connectivity index (χ2v) is 7.66. The van der Waals surface area contributed by atoms with Gasteiger partial charge in [0.2, 0.25) is 11.8 Å². The molecule has 1 aliphatic rings. The lowest BCUT2D eigenvalue weighted by Crippen LogP contribution is -2.17. The first-order valence-corrected chi connectivity index (χ1v) is 9.70. The van der Waals surface area contributed by atoms with Gasteiger partial charge in [0.05, 0.1) is 5.75 Å². The third kappa shape index (κ3) is 4.76. The summed E-state index contributed by atoms with van der Waals surface area (Å²) in [6.45, 7) is 2.34. The maximum Gasteiger partial charge on any atom is 0.234 e. The van der Waals surface area contributed by atoms with Crippen LogP contribution in [0.1, 0.15) is 36.6 Å². The van der Waals surface area contributed by atoms with E-state index in [9.17, 15) is 9.59 Å². The first-order chi connectivity index (χ1) is 12.4. The molecule has 0 bridgehead atoms. The van der Waals surface area contributed by atoms with Gasteiger partial charge in [-0.3, -0.25) is 9.59 Å². The van der Waals surface area contributed by atoms with E-state index in [2.05, 4.69) is 15.5 Å². The van der Waals surface area contributed by atoms with Crippen molar-refractivity contribution in [2.24, 2.45) is 5.73 Å². The third-order valence-corrected chi connectivity index (χ3v) is 5.28. The van der Waals surface area contributed by atoms with Crippen molar-refractivity contribution in [3.8, 4) is 0 Å². The Hall–Kier alpha value is -2.06. The van der Waals surface area contributed by atoms with Gasteiger partial charge in [-0.25, -0.2) is 0 Å². The number of aryl methyl sites for hydroxylation is 1. The lowest BCUT2D eigenvalue weighted by molar-refractivity contribution is -0.118. The summed E-state index contributed by atoms with van der Waals surface area (Å²) in [6.07, 6.45) is 2.38. The molecular formula is C17H20ClN5O2S. The zero-order chi connectivity index (χ0) is 18.7. The van der Waals surface area contributed by atoms with Crippen LogP contribution in [0, 0.1) is 6.92 Å². The fourth-order valence-corrected chi connectivity index (χ4v) is 3.47. The van der Waals surface area contributed by atoms with Gasteiger partial charge >= 0.3 is 0 Å². The number of amides is 2. The molecule has 1 aromatic carbocycles. The van der Waals surface area contributed by atoms with Crippen LogP contribution in [0.5, 0.6) is 0 Å². The van der Waals surface area contributed by atoms with Crippen LogP contribution in [0.4, 0.5) is 5.69 Å². The van der Waals surface area contributed by atoms with Crippen LogP contribution in [-0.2, 0) is 16.1 Å². The summed E-state index contributed by atoms with van der Waals surface area (Å²) in [7, 11) is 0. The summed E-state index contributed by atoms with van der Waals surface area (Å²) >= 11 is 7.27. The average Bonchev–Trinajstić information content (AvgIpc) is 3.35. The normalized spacial score (nSPS) is 13.6. The van der Waals surface area contributed by atoms with Crippen LogP contribution < -0.4 is 11.1 Å². The van der Waals surface area contributed by atoms with Crippen molar-refractivity contribution in [2.45, 2.75) is 43.8 Å². The molecule has 0 radical (unpaired) electrons. The van der Waals surface area contributed by atoms with Crippen molar-refractivity contribution in [1.29, 1.82) is 0 Å². The van der Waals surface area contributed by atoms with Crippen LogP contribution >= 0.6 is 23.4 Å². The molecule has 7 nitrogen and oxygen atoms in total. The van der Waals surface area contributed by atoms with Gasteiger partial charge in [0, 0.05) is 29.6 Å². The van der Waals surface area contributed by atoms with E-state index < -0.39 is 0 Å². The molecule has 3 N–H and O–H groups in total. The maximum absolute atomic E-state index is 12.3. The van der Waals surface area contributed by atoms with Gasteiger partial charge in [-0.15, -0.1) is 10.2 Å². The predicted octanol–water partition coefficient (Wildman–Crippen LogP) is 2.72. The number of halogens is 1. The SMILES string of the molecule is Cc1ccc(Cl)cc1NC(=O)CSc1nnc(C2CC2)n1CCC(N)=O. The van der Waals surface area contributed by atoms with Crippen molar-refractivity contribution in [3.05, 3.63) is 34.6 Å². The summed E-state index contributed by atoms with van der Waals surface area (Å²) in [5.41, 5.74) is 6.89. The van der Waals surface area contributed by atoms with Gasteiger partial charge < -0.3 is 15.6 Å². The summed E-state index contributed by atoms with van der Waals surface area (Å²) in [5.74, 6) is 0.932. The molecule has 3 rings (SSSR count). The molecule has 0 aliphatic heterocycles. The highest BCUT2D eigenvalue weighted by molar-refractivity contribution is 7.99. The van der Waals surface area contributed by atoms with E-state index in [4.69, 9.17) is 17.3 Å². The van der Waals surface area contributed by atoms with Crippen LogP contribution in [0.15, 0.2) is 23.4 Å². The topological polar surface area (TPSA) is 103 Å². The zero-order valence-electron chi connectivity index (χ0n) is 14.4. The Bertz CT molecular complexity index is 835. The van der Waals surface area contributed by atoms with E-state index in [-0.39, 0.29) is 24.0 Å². The lowest BCUT2D eigenvalue weighted by Gasteiger charge is -2.10. The first-order valence-electron chi connectivity index (χ1n) is 8.34. The molecule has 1 aliphatic carbocycles. The Morgan fingerprint density at radius 1 is 1.38 bits per heavy atom. The van der Waals surface area contributed by atoms with E-state index in [1.807, 2.05) is 17.6 Å². The molecule has 0 unspecified atom stereocenters. The fraction of sp³-hybridized carbons (Fsp3) is 0.412. The minimum atomic E-state index is -0.370. The van der Waals surface area contributed by atoms with Crippen molar-refractivity contribution < 1.29 is 9.59 Å². The van der Waals surface area contributed by atoms with Crippen molar-refractivity contribution in [3.63, 3.8) is 0 Å². The highest BCUT2D eigenvalue weighted by atomic mass is 35.5. The highest BCUT2D eigenvalue weighted by Crippen LogP contribution is 2.40. The number of rotatable bonds is 8. The minimum Gasteiger partial charge on any atom is -0.370 e. The number of primary amides is 1. The largest absolute Gasteiger partial charge is 0.370 e. The molecule has 2 aromatic rings. The van der Waals surface area contributed by atoms with Crippen molar-refractivity contribution >= 4 is 40.9 Å². The Kier molecular flexibility index (Phi) is 5.83. The number of anilines is 1. The summed E-state index contributed by atoms with van der Waals surface area (Å²) < 4.78 is 1.91. The summed E-state index contributed by atoms with van der Waals surface area (Å²) in [4.78, 5) is 23.4. The van der Waals surface area contributed by atoms with Crippen molar-refractivity contribution in [1.82, 2.24) is 14.8 Å². The Morgan fingerprint density at radius 3 is 2.85 bits per heavy atom. The number of hydrogen-bond donors (Lipinski definition) is 2. The molecule has 9 heteroatoms. The number of nitrogens with one attached hydrogen (secondary N) is 1. The monoisotopic (exact) mass is 393 g/mol. The fourth-order valence-electron chi connectivity index (χ4n) is 2.53. The van der Waals surface area contributed by atoms with Gasteiger partial charge in [0.1, 0.15) is 5.82 Å². The molecule has 0 atom stereocenters. The molecule has 26 heavy (non-hydrogen) atoms. The quantitative estimate of drug-likeness (QED) is 0.671. The molecule has 0 spiro atoms. The second-order valence-electron chi connectivity index (χ2n) is 6.28. The summed E-state index contributed by atoms with van der Waals surface area (Å²) in [5, 5.41) is 12.5. The van der Waals surface area contributed by atoms with Crippen LogP contribution in [0.3, 0.4) is 0 Å².